The standard InChI is InChI=1S/C23H24ClF2N5O4S/c1-36(33,34)16-10-13(24)7-8-14(16)27-15-11-17(29-23(32)12-5-6-12)28-21-19(15)30-22(20(25)26)31(21)18-4-2-3-9-35-18/h7-8,10-12,18,20H,2-6,9H2,1H3,(H2,27,28,29,32). The second-order valence-electron chi connectivity index (χ2n) is 8.99. The number of aromatic nitrogens is 3. The normalized spacial score (nSPS) is 18.5. The van der Waals surface area contributed by atoms with E-state index in [1.54, 1.807) is 0 Å². The number of pyridine rings is 1. The van der Waals surface area contributed by atoms with Crippen molar-refractivity contribution in [2.45, 2.75) is 49.7 Å². The highest BCUT2D eigenvalue weighted by molar-refractivity contribution is 7.90. The van der Waals surface area contributed by atoms with Crippen LogP contribution in [0.5, 0.6) is 0 Å². The first-order valence-corrected chi connectivity index (χ1v) is 13.8. The van der Waals surface area contributed by atoms with Gasteiger partial charge in [0.25, 0.3) is 6.43 Å². The Morgan fingerprint density at radius 3 is 2.58 bits per heavy atom. The van der Waals surface area contributed by atoms with E-state index in [0.29, 0.717) is 13.0 Å². The summed E-state index contributed by atoms with van der Waals surface area (Å²) in [6.45, 7) is 0.415. The number of fused-ring (bicyclic) bond motifs is 1. The van der Waals surface area contributed by atoms with E-state index in [2.05, 4.69) is 20.6 Å². The Kier molecular flexibility index (Phi) is 6.60. The zero-order valence-corrected chi connectivity index (χ0v) is 20.9. The smallest absolute Gasteiger partial charge is 0.295 e. The Bertz CT molecular complexity index is 1440. The fourth-order valence-corrected chi connectivity index (χ4v) is 5.33. The molecular weight excluding hydrogens is 516 g/mol. The van der Waals surface area contributed by atoms with E-state index in [9.17, 15) is 22.0 Å². The number of hydrogen-bond donors (Lipinski definition) is 2. The van der Waals surface area contributed by atoms with Gasteiger partial charge in [-0.1, -0.05) is 11.6 Å². The van der Waals surface area contributed by atoms with Gasteiger partial charge in [0, 0.05) is 29.9 Å². The lowest BCUT2D eigenvalue weighted by atomic mass is 10.2. The Labute approximate surface area is 211 Å². The third kappa shape index (κ3) is 5.02. The van der Waals surface area contributed by atoms with E-state index in [1.165, 1.54) is 28.8 Å². The topological polar surface area (TPSA) is 115 Å². The number of ether oxygens (including phenoxy) is 1. The number of carbonyl (C=O) groups is 1. The molecule has 2 N–H and O–H groups in total. The third-order valence-corrected chi connectivity index (χ3v) is 7.50. The van der Waals surface area contributed by atoms with Gasteiger partial charge in [-0.25, -0.2) is 27.2 Å². The molecule has 13 heteroatoms. The van der Waals surface area contributed by atoms with Crippen LogP contribution in [0.25, 0.3) is 11.2 Å². The molecule has 192 valence electrons. The number of nitrogens with zero attached hydrogens (tertiary/aromatic N) is 3. The minimum Gasteiger partial charge on any atom is -0.358 e. The summed E-state index contributed by atoms with van der Waals surface area (Å²) in [6.07, 6.45) is 1.09. The summed E-state index contributed by atoms with van der Waals surface area (Å²) in [5.41, 5.74) is 0.576. The number of benzene rings is 1. The summed E-state index contributed by atoms with van der Waals surface area (Å²) in [5, 5.41) is 5.96. The summed E-state index contributed by atoms with van der Waals surface area (Å²) in [5.74, 6) is -0.715. The number of carbonyl (C=O) groups excluding carboxylic acids is 1. The van der Waals surface area contributed by atoms with Crippen LogP contribution in [0.3, 0.4) is 0 Å². The van der Waals surface area contributed by atoms with Gasteiger partial charge < -0.3 is 15.4 Å². The molecule has 1 unspecified atom stereocenters. The van der Waals surface area contributed by atoms with E-state index < -0.39 is 28.3 Å². The van der Waals surface area contributed by atoms with Crippen LogP contribution < -0.4 is 10.6 Å². The average Bonchev–Trinajstić information content (AvgIpc) is 3.60. The molecule has 3 heterocycles. The van der Waals surface area contributed by atoms with Crippen LogP contribution in [-0.4, -0.2) is 41.7 Å². The molecule has 9 nitrogen and oxygen atoms in total. The van der Waals surface area contributed by atoms with Crippen LogP contribution in [0.2, 0.25) is 5.02 Å². The molecule has 0 radical (unpaired) electrons. The van der Waals surface area contributed by atoms with Crippen molar-refractivity contribution < 1.29 is 26.7 Å². The third-order valence-electron chi connectivity index (χ3n) is 6.13. The Morgan fingerprint density at radius 2 is 1.94 bits per heavy atom. The van der Waals surface area contributed by atoms with Crippen LogP contribution >= 0.6 is 11.6 Å². The van der Waals surface area contributed by atoms with Crippen LogP contribution in [0.1, 0.15) is 50.6 Å². The van der Waals surface area contributed by atoms with E-state index in [1.807, 2.05) is 0 Å². The molecule has 2 aliphatic rings. The van der Waals surface area contributed by atoms with Gasteiger partial charge in [-0.3, -0.25) is 9.36 Å². The molecule has 1 aliphatic carbocycles. The molecule has 5 rings (SSSR count). The highest BCUT2D eigenvalue weighted by Gasteiger charge is 2.32. The number of rotatable bonds is 7. The molecule has 1 amide bonds. The number of hydrogen-bond acceptors (Lipinski definition) is 7. The highest BCUT2D eigenvalue weighted by atomic mass is 35.5. The lowest BCUT2D eigenvalue weighted by Crippen LogP contribution is -2.21. The minimum absolute atomic E-state index is 0.0762. The minimum atomic E-state index is -3.69. The lowest BCUT2D eigenvalue weighted by molar-refractivity contribution is -0.117. The number of sulfone groups is 1. The van der Waals surface area contributed by atoms with E-state index in [-0.39, 0.29) is 50.1 Å². The summed E-state index contributed by atoms with van der Waals surface area (Å²) in [7, 11) is -3.69. The summed E-state index contributed by atoms with van der Waals surface area (Å²) in [6, 6.07) is 5.73. The Hall–Kier alpha value is -2.83. The second-order valence-corrected chi connectivity index (χ2v) is 11.4. The first-order valence-electron chi connectivity index (χ1n) is 11.5. The quantitative estimate of drug-likeness (QED) is 0.423. The molecule has 1 aliphatic heterocycles. The van der Waals surface area contributed by atoms with Crippen molar-refractivity contribution in [1.82, 2.24) is 14.5 Å². The molecule has 1 aromatic carbocycles. The predicted molar refractivity (Wildman–Crippen MR) is 131 cm³/mol. The van der Waals surface area contributed by atoms with E-state index >= 15 is 0 Å². The maximum absolute atomic E-state index is 14.1. The second kappa shape index (κ2) is 9.56. The van der Waals surface area contributed by atoms with Crippen molar-refractivity contribution >= 4 is 55.7 Å². The number of anilines is 3. The largest absolute Gasteiger partial charge is 0.358 e. The maximum atomic E-state index is 14.1. The first kappa shape index (κ1) is 24.8. The number of halogens is 3. The van der Waals surface area contributed by atoms with Crippen molar-refractivity contribution in [3.63, 3.8) is 0 Å². The van der Waals surface area contributed by atoms with Gasteiger partial charge in [0.2, 0.25) is 5.91 Å². The molecule has 3 aromatic rings. The van der Waals surface area contributed by atoms with Crippen molar-refractivity contribution in [3.8, 4) is 0 Å². The molecule has 1 saturated heterocycles. The molecule has 0 spiro atoms. The lowest BCUT2D eigenvalue weighted by Gasteiger charge is -2.25. The zero-order valence-electron chi connectivity index (χ0n) is 19.3. The average molecular weight is 540 g/mol. The molecular formula is C23H24ClF2N5O4S. The highest BCUT2D eigenvalue weighted by Crippen LogP contribution is 2.38. The molecule has 36 heavy (non-hydrogen) atoms. The van der Waals surface area contributed by atoms with Gasteiger partial charge in [0.05, 0.1) is 16.3 Å². The SMILES string of the molecule is CS(=O)(=O)c1cc(Cl)ccc1Nc1cc(NC(=O)C2CC2)nc2c1nc(C(F)F)n2C1CCCCO1. The monoisotopic (exact) mass is 539 g/mol. The zero-order chi connectivity index (χ0) is 25.6. The maximum Gasteiger partial charge on any atom is 0.295 e. The molecule has 1 atom stereocenters. The van der Waals surface area contributed by atoms with Crippen molar-refractivity contribution in [2.75, 3.05) is 23.5 Å². The van der Waals surface area contributed by atoms with Crippen LogP contribution in [0.15, 0.2) is 29.2 Å². The number of imidazole rings is 1. The fourth-order valence-electron chi connectivity index (χ4n) is 4.23. The van der Waals surface area contributed by atoms with Gasteiger partial charge in [-0.15, -0.1) is 0 Å². The summed E-state index contributed by atoms with van der Waals surface area (Å²) < 4.78 is 60.1. The van der Waals surface area contributed by atoms with Gasteiger partial charge in [0.15, 0.2) is 21.3 Å². The van der Waals surface area contributed by atoms with Crippen molar-refractivity contribution in [3.05, 3.63) is 35.1 Å². The van der Waals surface area contributed by atoms with E-state index in [0.717, 1.165) is 31.9 Å². The summed E-state index contributed by atoms with van der Waals surface area (Å²) in [4.78, 5) is 21.0. The number of nitrogens with one attached hydrogen (secondary N) is 2. The Morgan fingerprint density at radius 1 is 1.17 bits per heavy atom. The molecule has 0 bridgehead atoms. The van der Waals surface area contributed by atoms with Gasteiger partial charge in [-0.2, -0.15) is 0 Å². The van der Waals surface area contributed by atoms with Gasteiger partial charge in [0.1, 0.15) is 17.6 Å². The van der Waals surface area contributed by atoms with Crippen molar-refractivity contribution in [1.29, 1.82) is 0 Å². The summed E-state index contributed by atoms with van der Waals surface area (Å²) >= 11 is 6.02. The predicted octanol–water partition coefficient (Wildman–Crippen LogP) is 5.22. The van der Waals surface area contributed by atoms with Crippen LogP contribution in [-0.2, 0) is 19.4 Å². The molecule has 2 aromatic heterocycles. The van der Waals surface area contributed by atoms with Crippen molar-refractivity contribution in [2.24, 2.45) is 5.92 Å². The first-order chi connectivity index (χ1) is 17.1. The van der Waals surface area contributed by atoms with Crippen LogP contribution in [0, 0.1) is 5.92 Å². The van der Waals surface area contributed by atoms with Gasteiger partial charge in [-0.05, 0) is 50.3 Å². The Balaban J connectivity index is 1.68. The van der Waals surface area contributed by atoms with Crippen LogP contribution in [0.4, 0.5) is 26.0 Å². The molecule has 1 saturated carbocycles. The molecule has 2 fully saturated rings. The number of amides is 1. The van der Waals surface area contributed by atoms with Gasteiger partial charge >= 0.3 is 0 Å². The fraction of sp³-hybridized carbons (Fsp3) is 0.435. The number of alkyl halides is 2. The van der Waals surface area contributed by atoms with E-state index in [4.69, 9.17) is 16.3 Å².